The van der Waals surface area contributed by atoms with Gasteiger partial charge in [0.2, 0.25) is 0 Å². The van der Waals surface area contributed by atoms with E-state index in [2.05, 4.69) is 20.6 Å². The van der Waals surface area contributed by atoms with Crippen molar-refractivity contribution in [2.45, 2.75) is 25.5 Å². The van der Waals surface area contributed by atoms with Crippen LogP contribution in [-0.2, 0) is 14.9 Å². The molecule has 0 spiro atoms. The molecule has 0 radical (unpaired) electrons. The first-order valence-electron chi connectivity index (χ1n) is 10.5. The van der Waals surface area contributed by atoms with Crippen molar-refractivity contribution in [1.29, 1.82) is 0 Å². The van der Waals surface area contributed by atoms with Gasteiger partial charge < -0.3 is 30.2 Å². The van der Waals surface area contributed by atoms with Crippen LogP contribution in [0, 0.1) is 0 Å². The maximum atomic E-state index is 11.8. The van der Waals surface area contributed by atoms with Crippen LogP contribution in [0.1, 0.15) is 41.5 Å². The molecule has 4 N–H and O–H groups in total. The van der Waals surface area contributed by atoms with Crippen molar-refractivity contribution in [2.75, 3.05) is 24.4 Å². The lowest BCUT2D eigenvalue weighted by Gasteiger charge is -2.20. The summed E-state index contributed by atoms with van der Waals surface area (Å²) in [7, 11) is 1.10. The van der Waals surface area contributed by atoms with Gasteiger partial charge in [-0.15, -0.1) is 0 Å². The molecule has 1 aliphatic heterocycles. The summed E-state index contributed by atoms with van der Waals surface area (Å²) in [5.74, 6) is -0.188. The van der Waals surface area contributed by atoms with E-state index in [4.69, 9.17) is 9.31 Å². The van der Waals surface area contributed by atoms with E-state index in [1.54, 1.807) is 19.2 Å². The third-order valence-electron chi connectivity index (χ3n) is 5.47. The molecule has 9 nitrogen and oxygen atoms in total. The van der Waals surface area contributed by atoms with Crippen LogP contribution in [-0.4, -0.2) is 47.0 Å². The topological polar surface area (TPSA) is 126 Å². The third kappa shape index (κ3) is 4.68. The molecule has 1 aliphatic rings. The molecular weight excluding hydrogens is 423 g/mol. The van der Waals surface area contributed by atoms with E-state index < -0.39 is 24.7 Å². The average molecular weight is 448 g/mol. The number of carbonyl (C=O) groups is 1. The normalized spacial score (nSPS) is 15.1. The first-order valence-corrected chi connectivity index (χ1v) is 10.5. The maximum Gasteiger partial charge on any atom is 0.496 e. The van der Waals surface area contributed by atoms with E-state index in [1.165, 1.54) is 6.20 Å². The lowest BCUT2D eigenvalue weighted by atomic mass is 9.80. The number of nitrogens with one attached hydrogen (secondary N) is 2. The average Bonchev–Trinajstić information content (AvgIpc) is 3.07. The molecule has 0 saturated carbocycles. The molecule has 0 unspecified atom stereocenters. The van der Waals surface area contributed by atoms with E-state index in [1.807, 2.05) is 50.2 Å². The fourth-order valence-electron chi connectivity index (χ4n) is 3.83. The van der Waals surface area contributed by atoms with Gasteiger partial charge in [0.05, 0.1) is 29.6 Å². The molecular formula is C23H25BN4O5. The number of hydrogen-bond acceptors (Lipinski definition) is 8. The second-order valence-corrected chi connectivity index (χ2v) is 8.17. The Bertz CT molecular complexity index is 1160. The summed E-state index contributed by atoms with van der Waals surface area (Å²) >= 11 is 0. The molecule has 0 amide bonds. The summed E-state index contributed by atoms with van der Waals surface area (Å²) in [6.45, 7) is 3.63. The van der Waals surface area contributed by atoms with Crippen molar-refractivity contribution >= 4 is 35.9 Å². The van der Waals surface area contributed by atoms with Crippen molar-refractivity contribution in [3.8, 4) is 0 Å². The lowest BCUT2D eigenvalue weighted by molar-refractivity contribution is 0.0697. The Morgan fingerprint density at radius 3 is 2.64 bits per heavy atom. The van der Waals surface area contributed by atoms with Crippen molar-refractivity contribution in [1.82, 2.24) is 9.97 Å². The van der Waals surface area contributed by atoms with E-state index in [9.17, 15) is 15.0 Å². The first kappa shape index (κ1) is 22.7. The molecule has 2 aromatic heterocycles. The number of fused-ring (bicyclic) bond motifs is 1. The number of aromatic nitrogens is 2. The minimum atomic E-state index is -1.12. The van der Waals surface area contributed by atoms with Gasteiger partial charge in [0.15, 0.2) is 0 Å². The fraction of sp³-hybridized carbons (Fsp3) is 0.261. The van der Waals surface area contributed by atoms with Gasteiger partial charge in [0.25, 0.3) is 0 Å². The quantitative estimate of drug-likeness (QED) is 0.385. The molecule has 0 fully saturated rings. The standard InChI is InChI=1S/C23H25BN4O5/c1-23(2)21-16(24(32-3)33-23)9-10-19(28-21)27-20-11-17(15(12-25-20)22(30)31)26-18(13-29)14-7-5-4-6-8-14/h4-12,18,29H,13H2,1-3H3,(H,30,31)(H2,25,26,27,28)/t18-/m1/s1. The van der Waals surface area contributed by atoms with Gasteiger partial charge in [0, 0.05) is 24.8 Å². The summed E-state index contributed by atoms with van der Waals surface area (Å²) in [5, 5.41) is 25.7. The number of aliphatic hydroxyl groups excluding tert-OH is 1. The fourth-order valence-corrected chi connectivity index (χ4v) is 3.83. The van der Waals surface area contributed by atoms with E-state index >= 15 is 0 Å². The number of nitrogens with zero attached hydrogens (tertiary/aromatic N) is 2. The number of aliphatic hydroxyl groups is 1. The lowest BCUT2D eigenvalue weighted by Crippen LogP contribution is -2.31. The van der Waals surface area contributed by atoms with E-state index in [0.29, 0.717) is 17.3 Å². The minimum Gasteiger partial charge on any atom is -0.478 e. The summed E-state index contributed by atoms with van der Waals surface area (Å²) < 4.78 is 11.3. The zero-order valence-electron chi connectivity index (χ0n) is 18.6. The van der Waals surface area contributed by atoms with Gasteiger partial charge in [-0.05, 0) is 25.5 Å². The third-order valence-corrected chi connectivity index (χ3v) is 5.47. The molecule has 1 atom stereocenters. The smallest absolute Gasteiger partial charge is 0.478 e. The largest absolute Gasteiger partial charge is 0.496 e. The number of anilines is 3. The highest BCUT2D eigenvalue weighted by molar-refractivity contribution is 6.63. The second-order valence-electron chi connectivity index (χ2n) is 8.17. The molecule has 0 bridgehead atoms. The summed E-state index contributed by atoms with van der Waals surface area (Å²) in [5.41, 5.74) is 2.15. The molecule has 1 aromatic carbocycles. The van der Waals surface area contributed by atoms with Gasteiger partial charge >= 0.3 is 13.1 Å². The number of hydrogen-bond donors (Lipinski definition) is 4. The zero-order valence-corrected chi connectivity index (χ0v) is 18.6. The number of aromatic carboxylic acids is 1. The van der Waals surface area contributed by atoms with Gasteiger partial charge in [-0.1, -0.05) is 36.4 Å². The summed E-state index contributed by atoms with van der Waals surface area (Å²) in [6, 6.07) is 14.1. The highest BCUT2D eigenvalue weighted by atomic mass is 16.6. The second kappa shape index (κ2) is 9.18. The molecule has 33 heavy (non-hydrogen) atoms. The highest BCUT2D eigenvalue weighted by Crippen LogP contribution is 2.31. The summed E-state index contributed by atoms with van der Waals surface area (Å²) in [6.07, 6.45) is 1.27. The molecule has 10 heteroatoms. The Hall–Kier alpha value is -3.47. The van der Waals surface area contributed by atoms with Crippen molar-refractivity contribution in [3.63, 3.8) is 0 Å². The maximum absolute atomic E-state index is 11.8. The molecule has 3 heterocycles. The van der Waals surface area contributed by atoms with Crippen LogP contribution in [0.25, 0.3) is 0 Å². The molecule has 3 aromatic rings. The molecule has 0 saturated heterocycles. The number of carboxylic acid groups (broad SMARTS) is 1. The zero-order chi connectivity index (χ0) is 23.6. The molecule has 170 valence electrons. The molecule has 0 aliphatic carbocycles. The van der Waals surface area contributed by atoms with Gasteiger partial charge in [-0.2, -0.15) is 0 Å². The number of rotatable bonds is 8. The van der Waals surface area contributed by atoms with Crippen molar-refractivity contribution in [3.05, 3.63) is 71.5 Å². The highest BCUT2D eigenvalue weighted by Gasteiger charge is 2.43. The van der Waals surface area contributed by atoms with Gasteiger partial charge in [0.1, 0.15) is 17.2 Å². The minimum absolute atomic E-state index is 0.00527. The monoisotopic (exact) mass is 448 g/mol. The van der Waals surface area contributed by atoms with Crippen LogP contribution in [0.4, 0.5) is 17.3 Å². The Kier molecular flexibility index (Phi) is 6.32. The van der Waals surface area contributed by atoms with Crippen LogP contribution in [0.5, 0.6) is 0 Å². The van der Waals surface area contributed by atoms with Crippen LogP contribution in [0.3, 0.4) is 0 Å². The van der Waals surface area contributed by atoms with Crippen LogP contribution < -0.4 is 16.1 Å². The Balaban J connectivity index is 1.63. The first-order chi connectivity index (χ1) is 15.8. The summed E-state index contributed by atoms with van der Waals surface area (Å²) in [4.78, 5) is 20.7. The van der Waals surface area contributed by atoms with Gasteiger partial charge in [-0.3, -0.25) is 0 Å². The van der Waals surface area contributed by atoms with Crippen LogP contribution in [0.15, 0.2) is 54.7 Å². The Morgan fingerprint density at radius 1 is 1.21 bits per heavy atom. The Morgan fingerprint density at radius 2 is 1.97 bits per heavy atom. The van der Waals surface area contributed by atoms with Crippen molar-refractivity contribution < 1.29 is 24.3 Å². The number of carboxylic acids is 1. The van der Waals surface area contributed by atoms with Crippen molar-refractivity contribution in [2.24, 2.45) is 0 Å². The molecule has 4 rings (SSSR count). The van der Waals surface area contributed by atoms with E-state index in [0.717, 1.165) is 16.7 Å². The number of benzene rings is 1. The van der Waals surface area contributed by atoms with Crippen LogP contribution in [0.2, 0.25) is 0 Å². The predicted octanol–water partition coefficient (Wildman–Crippen LogP) is 2.67. The SMILES string of the molecule is COB1OC(C)(C)c2nc(Nc3cc(N[C@H](CO)c4ccccc4)c(C(=O)O)cn3)ccc21. The van der Waals surface area contributed by atoms with Crippen LogP contribution >= 0.6 is 0 Å². The Labute approximate surface area is 192 Å². The predicted molar refractivity (Wildman–Crippen MR) is 125 cm³/mol. The van der Waals surface area contributed by atoms with E-state index in [-0.39, 0.29) is 12.2 Å². The number of pyridine rings is 2. The van der Waals surface area contributed by atoms with Gasteiger partial charge in [-0.25, -0.2) is 14.8 Å².